The van der Waals surface area contributed by atoms with Crippen LogP contribution in [0.2, 0.25) is 0 Å². The van der Waals surface area contributed by atoms with E-state index in [1.807, 2.05) is 6.20 Å². The number of hydrogen-bond donors (Lipinski definition) is 1. The maximum Gasteiger partial charge on any atom is 0.202 e. The second kappa shape index (κ2) is 6.45. The number of anilines is 1. The molecule has 1 aromatic heterocycles. The van der Waals surface area contributed by atoms with Gasteiger partial charge < -0.3 is 9.88 Å². The van der Waals surface area contributed by atoms with Crippen LogP contribution in [0.1, 0.15) is 13.3 Å². The Bertz CT molecular complexity index is 308. The van der Waals surface area contributed by atoms with E-state index in [4.69, 9.17) is 0 Å². The van der Waals surface area contributed by atoms with Gasteiger partial charge in [0, 0.05) is 48.0 Å². The summed E-state index contributed by atoms with van der Waals surface area (Å²) in [5.74, 6) is 4.90. The molecule has 0 amide bonds. The number of aromatic nitrogens is 2. The Hall–Kier alpha value is -0.290. The van der Waals surface area contributed by atoms with Gasteiger partial charge in [0.05, 0.1) is 0 Å². The van der Waals surface area contributed by atoms with Crippen molar-refractivity contribution < 1.29 is 0 Å². The molecule has 0 bridgehead atoms. The fourth-order valence-corrected chi connectivity index (χ4v) is 4.37. The van der Waals surface area contributed by atoms with E-state index in [0.717, 1.165) is 30.7 Å². The van der Waals surface area contributed by atoms with Crippen molar-refractivity contribution in [3.63, 3.8) is 0 Å². The average molecular weight is 257 g/mol. The number of nitrogens with one attached hydrogen (secondary N) is 1. The smallest absolute Gasteiger partial charge is 0.202 e. The predicted molar refractivity (Wildman–Crippen MR) is 74.6 cm³/mol. The number of hydrogen-bond acceptors (Lipinski definition) is 4. The zero-order valence-electron chi connectivity index (χ0n) is 9.69. The molecular formula is C11H19N3S2. The Morgan fingerprint density at radius 1 is 1.56 bits per heavy atom. The van der Waals surface area contributed by atoms with Crippen molar-refractivity contribution >= 4 is 29.5 Å². The molecule has 2 rings (SSSR count). The molecule has 1 fully saturated rings. The van der Waals surface area contributed by atoms with E-state index in [1.54, 1.807) is 0 Å². The van der Waals surface area contributed by atoms with Crippen LogP contribution >= 0.6 is 23.5 Å². The Morgan fingerprint density at radius 3 is 3.25 bits per heavy atom. The van der Waals surface area contributed by atoms with Crippen LogP contribution in [0.15, 0.2) is 12.4 Å². The first kappa shape index (κ1) is 12.2. The Labute approximate surface area is 106 Å². The molecule has 1 aromatic rings. The van der Waals surface area contributed by atoms with Gasteiger partial charge >= 0.3 is 0 Å². The molecule has 1 N–H and O–H groups in total. The van der Waals surface area contributed by atoms with Crippen LogP contribution in [-0.4, -0.2) is 38.6 Å². The number of rotatable bonds is 5. The summed E-state index contributed by atoms with van der Waals surface area (Å²) in [7, 11) is 0. The second-order valence-corrected chi connectivity index (χ2v) is 6.45. The maximum atomic E-state index is 4.35. The molecule has 1 unspecified atom stereocenters. The summed E-state index contributed by atoms with van der Waals surface area (Å²) in [5, 5.41) is 4.21. The van der Waals surface area contributed by atoms with Gasteiger partial charge in [-0.25, -0.2) is 4.98 Å². The molecule has 0 radical (unpaired) electrons. The highest BCUT2D eigenvalue weighted by molar-refractivity contribution is 8.06. The summed E-state index contributed by atoms with van der Waals surface area (Å²) in [4.78, 5) is 4.35. The van der Waals surface area contributed by atoms with Crippen molar-refractivity contribution in [2.45, 2.75) is 25.1 Å². The van der Waals surface area contributed by atoms with Gasteiger partial charge in [-0.2, -0.15) is 23.5 Å². The minimum absolute atomic E-state index is 0.741. The largest absolute Gasteiger partial charge is 0.355 e. The van der Waals surface area contributed by atoms with E-state index in [9.17, 15) is 0 Å². The highest BCUT2D eigenvalue weighted by Crippen LogP contribution is 2.24. The minimum Gasteiger partial charge on any atom is -0.355 e. The first-order chi connectivity index (χ1) is 7.90. The Kier molecular flexibility index (Phi) is 4.91. The summed E-state index contributed by atoms with van der Waals surface area (Å²) in [6.07, 6.45) is 5.08. The van der Waals surface area contributed by atoms with E-state index in [2.05, 4.69) is 51.5 Å². The summed E-state index contributed by atoms with van der Waals surface area (Å²) in [5.41, 5.74) is 0. The third-order valence-corrected chi connectivity index (χ3v) is 5.40. The van der Waals surface area contributed by atoms with Crippen molar-refractivity contribution in [1.82, 2.24) is 9.55 Å². The van der Waals surface area contributed by atoms with E-state index < -0.39 is 0 Å². The highest BCUT2D eigenvalue weighted by Gasteiger charge is 2.14. The summed E-state index contributed by atoms with van der Waals surface area (Å²) in [6.45, 7) is 4.28. The molecule has 1 atom stereocenters. The molecule has 5 heteroatoms. The molecule has 90 valence electrons. The van der Waals surface area contributed by atoms with Gasteiger partial charge in [-0.05, 0) is 6.42 Å². The SMILES string of the molecule is CCCn1ccnc1NCC1CSCCS1. The van der Waals surface area contributed by atoms with Gasteiger partial charge in [-0.3, -0.25) is 0 Å². The molecular weight excluding hydrogens is 238 g/mol. The minimum atomic E-state index is 0.741. The van der Waals surface area contributed by atoms with Crippen LogP contribution in [0.25, 0.3) is 0 Å². The standard InChI is InChI=1S/C11H19N3S2/c1-2-4-14-5-3-12-11(14)13-8-10-9-15-6-7-16-10/h3,5,10H,2,4,6-9H2,1H3,(H,12,13). The molecule has 16 heavy (non-hydrogen) atoms. The summed E-state index contributed by atoms with van der Waals surface area (Å²) >= 11 is 4.15. The zero-order chi connectivity index (χ0) is 11.2. The lowest BCUT2D eigenvalue weighted by Crippen LogP contribution is -2.24. The molecule has 0 aromatic carbocycles. The monoisotopic (exact) mass is 257 g/mol. The van der Waals surface area contributed by atoms with Crippen molar-refractivity contribution in [3.05, 3.63) is 12.4 Å². The molecule has 1 aliphatic rings. The van der Waals surface area contributed by atoms with E-state index in [-0.39, 0.29) is 0 Å². The van der Waals surface area contributed by atoms with E-state index in [0.29, 0.717) is 0 Å². The van der Waals surface area contributed by atoms with Crippen LogP contribution in [0.5, 0.6) is 0 Å². The number of nitrogens with zero attached hydrogens (tertiary/aromatic N) is 2. The van der Waals surface area contributed by atoms with Crippen molar-refractivity contribution in [2.24, 2.45) is 0 Å². The average Bonchev–Trinajstić information content (AvgIpc) is 2.76. The number of aryl methyl sites for hydroxylation is 1. The molecule has 1 saturated heterocycles. The van der Waals surface area contributed by atoms with Crippen LogP contribution in [-0.2, 0) is 6.54 Å². The van der Waals surface area contributed by atoms with Crippen LogP contribution < -0.4 is 5.32 Å². The molecule has 0 aliphatic carbocycles. The van der Waals surface area contributed by atoms with E-state index >= 15 is 0 Å². The lowest BCUT2D eigenvalue weighted by molar-refractivity contribution is 0.682. The van der Waals surface area contributed by atoms with Crippen LogP contribution in [0.4, 0.5) is 5.95 Å². The highest BCUT2D eigenvalue weighted by atomic mass is 32.2. The number of imidazole rings is 1. The van der Waals surface area contributed by atoms with Crippen LogP contribution in [0, 0.1) is 0 Å². The summed E-state index contributed by atoms with van der Waals surface area (Å²) < 4.78 is 2.20. The van der Waals surface area contributed by atoms with Crippen molar-refractivity contribution in [3.8, 4) is 0 Å². The zero-order valence-corrected chi connectivity index (χ0v) is 11.3. The van der Waals surface area contributed by atoms with Gasteiger partial charge in [-0.1, -0.05) is 6.92 Å². The lowest BCUT2D eigenvalue weighted by atomic mass is 10.4. The summed E-state index contributed by atoms with van der Waals surface area (Å²) in [6, 6.07) is 0. The van der Waals surface area contributed by atoms with Gasteiger partial charge in [0.1, 0.15) is 0 Å². The van der Waals surface area contributed by atoms with E-state index in [1.165, 1.54) is 17.3 Å². The lowest BCUT2D eigenvalue weighted by Gasteiger charge is -2.21. The van der Waals surface area contributed by atoms with Gasteiger partial charge in [0.2, 0.25) is 5.95 Å². The topological polar surface area (TPSA) is 29.9 Å². The maximum absolute atomic E-state index is 4.35. The number of thioether (sulfide) groups is 2. The molecule has 2 heterocycles. The molecule has 0 spiro atoms. The molecule has 1 aliphatic heterocycles. The van der Waals surface area contributed by atoms with Crippen molar-refractivity contribution in [1.29, 1.82) is 0 Å². The molecule has 3 nitrogen and oxygen atoms in total. The normalized spacial score (nSPS) is 20.9. The Morgan fingerprint density at radius 2 is 2.50 bits per heavy atom. The second-order valence-electron chi connectivity index (χ2n) is 3.89. The van der Waals surface area contributed by atoms with Gasteiger partial charge in [0.15, 0.2) is 0 Å². The third-order valence-electron chi connectivity index (χ3n) is 2.55. The van der Waals surface area contributed by atoms with Gasteiger partial charge in [0.25, 0.3) is 0 Å². The fourth-order valence-electron chi connectivity index (χ4n) is 1.76. The Balaban J connectivity index is 1.81. The quantitative estimate of drug-likeness (QED) is 0.878. The van der Waals surface area contributed by atoms with Crippen molar-refractivity contribution in [2.75, 3.05) is 29.1 Å². The fraction of sp³-hybridized carbons (Fsp3) is 0.727. The molecule has 0 saturated carbocycles. The first-order valence-corrected chi connectivity index (χ1v) is 8.05. The predicted octanol–water partition coefficient (Wildman–Crippen LogP) is 2.55. The third kappa shape index (κ3) is 3.35. The van der Waals surface area contributed by atoms with Crippen LogP contribution in [0.3, 0.4) is 0 Å². The van der Waals surface area contributed by atoms with Gasteiger partial charge in [-0.15, -0.1) is 0 Å². The first-order valence-electron chi connectivity index (χ1n) is 5.84.